The van der Waals surface area contributed by atoms with Crippen molar-refractivity contribution in [2.45, 2.75) is 13.8 Å². The van der Waals surface area contributed by atoms with Gasteiger partial charge in [0.2, 0.25) is 10.0 Å². The van der Waals surface area contributed by atoms with Crippen LogP contribution in [0.25, 0.3) is 0 Å². The second-order valence-electron chi connectivity index (χ2n) is 4.04. The van der Waals surface area contributed by atoms with Crippen molar-refractivity contribution >= 4 is 21.6 Å². The largest absolute Gasteiger partial charge is 0.384 e. The highest BCUT2D eigenvalue weighted by atomic mass is 32.2. The van der Waals surface area contributed by atoms with Gasteiger partial charge in [-0.1, -0.05) is 6.92 Å². The van der Waals surface area contributed by atoms with Crippen LogP contribution >= 0.6 is 0 Å². The van der Waals surface area contributed by atoms with Crippen LogP contribution in [0.4, 0.5) is 5.69 Å². The van der Waals surface area contributed by atoms with Crippen molar-refractivity contribution in [1.29, 1.82) is 0 Å². The Labute approximate surface area is 119 Å². The number of nitrogens with zero attached hydrogens (tertiary/aromatic N) is 1. The number of pyridine rings is 1. The van der Waals surface area contributed by atoms with Crippen LogP contribution in [0, 0.1) is 0 Å². The number of carbonyl (C=O) groups excluding carboxylic acids is 1. The zero-order valence-corrected chi connectivity index (χ0v) is 12.5. The van der Waals surface area contributed by atoms with E-state index in [2.05, 4.69) is 20.3 Å². The van der Waals surface area contributed by atoms with Crippen LogP contribution < -0.4 is 15.4 Å². The lowest BCUT2D eigenvalue weighted by Gasteiger charge is -2.07. The number of nitrogens with one attached hydrogen (secondary N) is 3. The molecule has 1 rings (SSSR count). The fraction of sp³-hybridized carbons (Fsp3) is 0.500. The Hall–Kier alpha value is -1.67. The van der Waals surface area contributed by atoms with Crippen LogP contribution in [0.2, 0.25) is 0 Å². The molecule has 0 saturated heterocycles. The third kappa shape index (κ3) is 5.54. The summed E-state index contributed by atoms with van der Waals surface area (Å²) >= 11 is 0. The highest BCUT2D eigenvalue weighted by molar-refractivity contribution is 7.89. The van der Waals surface area contributed by atoms with Gasteiger partial charge < -0.3 is 10.6 Å². The summed E-state index contributed by atoms with van der Waals surface area (Å²) in [6, 6.07) is 3.34. The van der Waals surface area contributed by atoms with Gasteiger partial charge in [0.05, 0.1) is 17.6 Å². The predicted molar refractivity (Wildman–Crippen MR) is 78.2 cm³/mol. The van der Waals surface area contributed by atoms with Crippen molar-refractivity contribution in [3.05, 3.63) is 24.0 Å². The van der Waals surface area contributed by atoms with Crippen LogP contribution in [0.3, 0.4) is 0 Å². The molecule has 1 aromatic rings. The van der Waals surface area contributed by atoms with Crippen molar-refractivity contribution in [2.75, 3.05) is 30.7 Å². The van der Waals surface area contributed by atoms with Gasteiger partial charge in [0.1, 0.15) is 5.69 Å². The molecule has 0 unspecified atom stereocenters. The first kappa shape index (κ1) is 16.4. The lowest BCUT2D eigenvalue weighted by atomic mass is 10.3. The average molecular weight is 300 g/mol. The van der Waals surface area contributed by atoms with Crippen LogP contribution in [0.15, 0.2) is 18.3 Å². The molecule has 7 nitrogen and oxygen atoms in total. The molecule has 112 valence electrons. The number of amides is 1. The first-order valence-electron chi connectivity index (χ1n) is 6.44. The molecule has 0 aliphatic rings. The Morgan fingerprint density at radius 3 is 2.55 bits per heavy atom. The number of carbonyl (C=O) groups is 1. The normalized spacial score (nSPS) is 11.1. The first-order valence-corrected chi connectivity index (χ1v) is 8.09. The zero-order chi connectivity index (χ0) is 15.0. The molecule has 0 atom stereocenters. The minimum atomic E-state index is -3.32. The topological polar surface area (TPSA) is 100 Å². The number of aromatic nitrogens is 1. The standard InChI is InChI=1S/C12H20N4O3S/c1-3-13-10-5-6-11(15-9-10)12(17)14-7-8-20(18,19)16-4-2/h5-6,9,13,16H,3-4,7-8H2,1-2H3,(H,14,17). The van der Waals surface area contributed by atoms with Crippen LogP contribution in [-0.2, 0) is 10.0 Å². The second kappa shape index (κ2) is 7.81. The third-order valence-corrected chi connectivity index (χ3v) is 3.87. The van der Waals surface area contributed by atoms with Gasteiger partial charge in [0.15, 0.2) is 0 Å². The Morgan fingerprint density at radius 2 is 2.00 bits per heavy atom. The van der Waals surface area contributed by atoms with E-state index >= 15 is 0 Å². The number of rotatable bonds is 8. The smallest absolute Gasteiger partial charge is 0.269 e. The Kier molecular flexibility index (Phi) is 6.40. The van der Waals surface area contributed by atoms with Gasteiger partial charge in [-0.05, 0) is 19.1 Å². The number of anilines is 1. The van der Waals surface area contributed by atoms with Crippen LogP contribution in [-0.4, -0.2) is 44.7 Å². The van der Waals surface area contributed by atoms with Crippen molar-refractivity contribution < 1.29 is 13.2 Å². The summed E-state index contributed by atoms with van der Waals surface area (Å²) < 4.78 is 25.1. The van der Waals surface area contributed by atoms with E-state index in [1.165, 1.54) is 0 Å². The summed E-state index contributed by atoms with van der Waals surface area (Å²) in [6.45, 7) is 4.82. The molecule has 8 heteroatoms. The Balaban J connectivity index is 2.47. The molecule has 0 aliphatic carbocycles. The Bertz CT molecular complexity index is 528. The summed E-state index contributed by atoms with van der Waals surface area (Å²) in [4.78, 5) is 15.8. The van der Waals surface area contributed by atoms with Crippen molar-refractivity contribution in [1.82, 2.24) is 15.0 Å². The molecular formula is C12H20N4O3S. The van der Waals surface area contributed by atoms with E-state index in [4.69, 9.17) is 0 Å². The maximum absolute atomic E-state index is 11.7. The lowest BCUT2D eigenvalue weighted by Crippen LogP contribution is -2.34. The number of sulfonamides is 1. The molecule has 1 aromatic heterocycles. The van der Waals surface area contributed by atoms with Gasteiger partial charge in [-0.2, -0.15) is 0 Å². The molecule has 0 radical (unpaired) electrons. The third-order valence-electron chi connectivity index (χ3n) is 2.40. The molecule has 0 saturated carbocycles. The van der Waals surface area contributed by atoms with Gasteiger partial charge in [0, 0.05) is 19.6 Å². The van der Waals surface area contributed by atoms with Crippen molar-refractivity contribution in [2.24, 2.45) is 0 Å². The van der Waals surface area contributed by atoms with Gasteiger partial charge >= 0.3 is 0 Å². The number of hydrogen-bond donors (Lipinski definition) is 3. The second-order valence-corrected chi connectivity index (χ2v) is 5.96. The minimum absolute atomic E-state index is 0.0464. The molecule has 0 bridgehead atoms. The van der Waals surface area contributed by atoms with Crippen molar-refractivity contribution in [3.63, 3.8) is 0 Å². The minimum Gasteiger partial charge on any atom is -0.384 e. The summed E-state index contributed by atoms with van der Waals surface area (Å²) in [7, 11) is -3.32. The van der Waals surface area contributed by atoms with E-state index in [1.54, 1.807) is 25.3 Å². The molecule has 1 amide bonds. The van der Waals surface area contributed by atoms with E-state index in [0.29, 0.717) is 6.54 Å². The maximum atomic E-state index is 11.7. The molecule has 3 N–H and O–H groups in total. The highest BCUT2D eigenvalue weighted by Gasteiger charge is 2.11. The first-order chi connectivity index (χ1) is 9.48. The van der Waals surface area contributed by atoms with Crippen LogP contribution in [0.1, 0.15) is 24.3 Å². The van der Waals surface area contributed by atoms with E-state index in [-0.39, 0.29) is 23.9 Å². The average Bonchev–Trinajstić information content (AvgIpc) is 2.39. The maximum Gasteiger partial charge on any atom is 0.269 e. The SMILES string of the molecule is CCNc1ccc(C(=O)NCCS(=O)(=O)NCC)nc1. The molecule has 0 spiro atoms. The molecule has 20 heavy (non-hydrogen) atoms. The quantitative estimate of drug-likeness (QED) is 0.636. The molecular weight excluding hydrogens is 280 g/mol. The van der Waals surface area contributed by atoms with E-state index < -0.39 is 10.0 Å². The van der Waals surface area contributed by atoms with Crippen molar-refractivity contribution in [3.8, 4) is 0 Å². The fourth-order valence-electron chi connectivity index (χ4n) is 1.52. The van der Waals surface area contributed by atoms with Gasteiger partial charge in [0.25, 0.3) is 5.91 Å². The zero-order valence-electron chi connectivity index (χ0n) is 11.6. The molecule has 0 aromatic carbocycles. The summed E-state index contributed by atoms with van der Waals surface area (Å²) in [6.07, 6.45) is 1.56. The van der Waals surface area contributed by atoms with E-state index in [0.717, 1.165) is 12.2 Å². The fourth-order valence-corrected chi connectivity index (χ4v) is 2.47. The summed E-state index contributed by atoms with van der Waals surface area (Å²) in [5, 5.41) is 5.59. The number of hydrogen-bond acceptors (Lipinski definition) is 5. The molecule has 0 fully saturated rings. The highest BCUT2D eigenvalue weighted by Crippen LogP contribution is 2.05. The summed E-state index contributed by atoms with van der Waals surface area (Å²) in [5.41, 5.74) is 1.09. The van der Waals surface area contributed by atoms with Crippen LogP contribution in [0.5, 0.6) is 0 Å². The lowest BCUT2D eigenvalue weighted by molar-refractivity contribution is 0.0951. The van der Waals surface area contributed by atoms with Gasteiger partial charge in [-0.15, -0.1) is 0 Å². The van der Waals surface area contributed by atoms with E-state index in [9.17, 15) is 13.2 Å². The van der Waals surface area contributed by atoms with E-state index in [1.807, 2.05) is 6.92 Å². The Morgan fingerprint density at radius 1 is 1.25 bits per heavy atom. The monoisotopic (exact) mass is 300 g/mol. The summed E-state index contributed by atoms with van der Waals surface area (Å²) in [5.74, 6) is -0.540. The molecule has 1 heterocycles. The molecule has 0 aliphatic heterocycles. The van der Waals surface area contributed by atoms with Gasteiger partial charge in [-0.25, -0.2) is 18.1 Å². The predicted octanol–water partition coefficient (Wildman–Crippen LogP) is 0.183. The van der Waals surface area contributed by atoms with Gasteiger partial charge in [-0.3, -0.25) is 4.79 Å².